The maximum absolute atomic E-state index is 13.0. The molecule has 3 N–H and O–H groups in total. The van der Waals surface area contributed by atoms with Crippen LogP contribution in [0, 0.1) is 6.92 Å². The number of aryl methyl sites for hydroxylation is 1. The molecule has 2 aromatic carbocycles. The number of ether oxygens (including phenoxy) is 1. The fraction of sp³-hybridized carbons (Fsp3) is 0.290. The number of pyridine rings is 1. The van der Waals surface area contributed by atoms with Crippen LogP contribution in [0.1, 0.15) is 46.9 Å². The molecule has 2 saturated heterocycles. The van der Waals surface area contributed by atoms with E-state index < -0.39 is 21.5 Å². The van der Waals surface area contributed by atoms with Crippen molar-refractivity contribution in [1.82, 2.24) is 28.6 Å². The summed E-state index contributed by atoms with van der Waals surface area (Å²) in [5.41, 5.74) is 8.29. The average Bonchev–Trinajstić information content (AvgIpc) is 3.72. The molecule has 7 rings (SSSR count). The number of carbonyl (C=O) groups excluding carboxylic acids is 2. The Morgan fingerprint density at radius 1 is 1.12 bits per heavy atom. The van der Waals surface area contributed by atoms with E-state index in [0.29, 0.717) is 24.4 Å². The molecular formula is C31H30IN6O3-. The van der Waals surface area contributed by atoms with E-state index in [9.17, 15) is 9.59 Å². The topological polar surface area (TPSA) is 114 Å². The normalized spacial score (nSPS) is 17.9. The minimum Gasteiger partial charge on any atom is -0.262 e. The fourth-order valence-electron chi connectivity index (χ4n) is 5.98. The Balaban J connectivity index is 1.35. The van der Waals surface area contributed by atoms with Crippen molar-refractivity contribution in [3.8, 4) is 16.8 Å². The summed E-state index contributed by atoms with van der Waals surface area (Å²) < 4.78 is 11.5. The maximum atomic E-state index is 13.0. The van der Waals surface area contributed by atoms with Gasteiger partial charge in [0.2, 0.25) is 0 Å². The number of aromatic nitrogens is 4. The number of H-pyrrole nitrogens is 1. The van der Waals surface area contributed by atoms with Crippen LogP contribution in [0.3, 0.4) is 0 Å². The molecule has 3 aromatic heterocycles. The van der Waals surface area contributed by atoms with Gasteiger partial charge in [-0.25, -0.2) is 0 Å². The van der Waals surface area contributed by atoms with Gasteiger partial charge in [-0.2, -0.15) is 0 Å². The summed E-state index contributed by atoms with van der Waals surface area (Å²) in [6, 6.07) is 16.5. The van der Waals surface area contributed by atoms with Gasteiger partial charge in [0.05, 0.1) is 0 Å². The minimum absolute atomic E-state index is 0.0706. The third-order valence-corrected chi connectivity index (χ3v) is 10.5. The molecule has 2 aliphatic heterocycles. The number of nitrogens with zero attached hydrogens (tertiary/aromatic N) is 3. The van der Waals surface area contributed by atoms with Crippen LogP contribution in [0.4, 0.5) is 0 Å². The van der Waals surface area contributed by atoms with Crippen molar-refractivity contribution in [3.63, 3.8) is 0 Å². The third-order valence-electron chi connectivity index (χ3n) is 7.97. The number of carbonyl (C=O) groups is 2. The Morgan fingerprint density at radius 2 is 1.95 bits per heavy atom. The minimum atomic E-state index is -0.616. The van der Waals surface area contributed by atoms with Crippen LogP contribution < -0.4 is 30.3 Å². The van der Waals surface area contributed by atoms with Gasteiger partial charge < -0.3 is 0 Å². The average molecular weight is 662 g/mol. The van der Waals surface area contributed by atoms with Crippen molar-refractivity contribution in [2.24, 2.45) is 0 Å². The van der Waals surface area contributed by atoms with Gasteiger partial charge in [-0.05, 0) is 6.92 Å². The number of hydrogen-bond acceptors (Lipinski definition) is 5. The van der Waals surface area contributed by atoms with Crippen molar-refractivity contribution in [3.05, 3.63) is 77.9 Å². The number of alkyl halides is 1. The molecule has 2 amide bonds. The van der Waals surface area contributed by atoms with Gasteiger partial charge in [-0.3, -0.25) is 4.98 Å². The molecule has 1 unspecified atom stereocenters. The number of hydrogen-bond donors (Lipinski definition) is 3. The number of halogens is 1. The summed E-state index contributed by atoms with van der Waals surface area (Å²) in [4.78, 5) is 29.0. The molecule has 0 radical (unpaired) electrons. The molecule has 41 heavy (non-hydrogen) atoms. The summed E-state index contributed by atoms with van der Waals surface area (Å²) in [6.45, 7) is 4.15. The number of amides is 2. The number of nitrogens with one attached hydrogen (secondary N) is 3. The quantitative estimate of drug-likeness (QED) is 0.145. The van der Waals surface area contributed by atoms with E-state index in [1.165, 1.54) is 11.3 Å². The van der Waals surface area contributed by atoms with E-state index in [-0.39, 0.29) is 15.7 Å². The Morgan fingerprint density at radius 3 is 2.71 bits per heavy atom. The zero-order valence-electron chi connectivity index (χ0n) is 22.6. The van der Waals surface area contributed by atoms with Crippen molar-refractivity contribution < 1.29 is 35.8 Å². The molecule has 0 aliphatic carbocycles. The predicted molar refractivity (Wildman–Crippen MR) is 153 cm³/mol. The summed E-state index contributed by atoms with van der Waals surface area (Å²) >= 11 is -0.616. The number of rotatable bonds is 6. The van der Waals surface area contributed by atoms with Gasteiger partial charge in [-0.15, -0.1) is 0 Å². The first kappa shape index (κ1) is 26.1. The van der Waals surface area contributed by atoms with Crippen LogP contribution >= 0.6 is 0 Å². The van der Waals surface area contributed by atoms with Crippen molar-refractivity contribution in [2.75, 3.05) is 19.8 Å². The molecule has 5 heterocycles. The first-order valence-electron chi connectivity index (χ1n) is 13.9. The van der Waals surface area contributed by atoms with Gasteiger partial charge in [0.15, 0.2) is 0 Å². The summed E-state index contributed by atoms with van der Waals surface area (Å²) in [7, 11) is 0. The van der Waals surface area contributed by atoms with E-state index in [2.05, 4.69) is 52.9 Å². The fourth-order valence-corrected chi connectivity index (χ4v) is 8.07. The summed E-state index contributed by atoms with van der Waals surface area (Å²) in [6.07, 6.45) is 6.14. The van der Waals surface area contributed by atoms with Crippen LogP contribution in [-0.4, -0.2) is 55.2 Å². The Labute approximate surface area is 247 Å². The standard InChI is InChI=1S/C31H30IN6O3/c1-18-12-21(6-9-33-18)29-25-13-22-16-35-37-26(22)15-27(25)38(30(29)19-7-10-41-11-8-19)24-4-2-20(3-5-24)31(40)36-32-23-14-28(39)34-17-23/h2-6,9,12-13,15-16,19,23H,7-8,10-11,14,17H2,1H3,(H,34,39)(H,35,37)(H,36,40)/q-1. The summed E-state index contributed by atoms with van der Waals surface area (Å²) in [5.74, 6) is 0.297. The number of fused-ring (bicyclic) bond motifs is 2. The molecule has 10 heteroatoms. The number of benzene rings is 2. The van der Waals surface area contributed by atoms with Crippen LogP contribution in [-0.2, 0) is 9.53 Å². The molecule has 9 nitrogen and oxygen atoms in total. The van der Waals surface area contributed by atoms with Crippen LogP contribution in [0.25, 0.3) is 38.6 Å². The van der Waals surface area contributed by atoms with Gasteiger partial charge in [0, 0.05) is 0 Å². The van der Waals surface area contributed by atoms with E-state index in [0.717, 1.165) is 64.8 Å². The summed E-state index contributed by atoms with van der Waals surface area (Å²) in [5, 5.41) is 12.5. The van der Waals surface area contributed by atoms with E-state index in [4.69, 9.17) is 4.74 Å². The van der Waals surface area contributed by atoms with Gasteiger partial charge in [-0.1, -0.05) is 0 Å². The first-order valence-corrected chi connectivity index (χ1v) is 16.2. The monoisotopic (exact) mass is 661 g/mol. The molecule has 2 fully saturated rings. The molecule has 0 saturated carbocycles. The molecule has 5 aromatic rings. The second kappa shape index (κ2) is 10.9. The molecule has 0 bridgehead atoms. The molecular weight excluding hydrogens is 631 g/mol. The smallest absolute Gasteiger partial charge is 0.262 e. The third kappa shape index (κ3) is 4.99. The van der Waals surface area contributed by atoms with E-state index in [1.807, 2.05) is 43.6 Å². The van der Waals surface area contributed by atoms with Crippen LogP contribution in [0.15, 0.2) is 60.9 Å². The number of aromatic amines is 1. The molecule has 0 spiro atoms. The van der Waals surface area contributed by atoms with Crippen LogP contribution in [0.5, 0.6) is 0 Å². The van der Waals surface area contributed by atoms with E-state index in [1.54, 1.807) is 0 Å². The SMILES string of the molecule is Cc1cc(-c2c(C3CCOCC3)n(-c3ccc(C(=O)N[I-]C4CNC(=O)C4)cc3)c3cc4[nH]ncc4cc23)ccn1. The molecule has 210 valence electrons. The second-order valence-corrected chi connectivity index (χ2v) is 13.6. The van der Waals surface area contributed by atoms with Crippen molar-refractivity contribution in [1.29, 1.82) is 0 Å². The Kier molecular flexibility index (Phi) is 6.95. The Hall–Kier alpha value is -3.77. The first-order chi connectivity index (χ1) is 20.0. The second-order valence-electron chi connectivity index (χ2n) is 10.7. The van der Waals surface area contributed by atoms with Crippen molar-refractivity contribution >= 4 is 33.6 Å². The van der Waals surface area contributed by atoms with Crippen molar-refractivity contribution in [2.45, 2.75) is 36.0 Å². The molecule has 1 atom stereocenters. The Bertz CT molecular complexity index is 1770. The predicted octanol–water partition coefficient (Wildman–Crippen LogP) is 1.39. The van der Waals surface area contributed by atoms with Crippen LogP contribution in [0.2, 0.25) is 0 Å². The molecule has 2 aliphatic rings. The van der Waals surface area contributed by atoms with Gasteiger partial charge in [0.25, 0.3) is 0 Å². The zero-order chi connectivity index (χ0) is 27.9. The zero-order valence-corrected chi connectivity index (χ0v) is 24.8. The van der Waals surface area contributed by atoms with Gasteiger partial charge in [0.1, 0.15) is 0 Å². The van der Waals surface area contributed by atoms with Gasteiger partial charge >= 0.3 is 237 Å². The van der Waals surface area contributed by atoms with E-state index >= 15 is 0 Å².